The van der Waals surface area contributed by atoms with Gasteiger partial charge in [-0.2, -0.15) is 0 Å². The van der Waals surface area contributed by atoms with E-state index in [1.54, 1.807) is 0 Å². The van der Waals surface area contributed by atoms with Crippen LogP contribution in [0.1, 0.15) is 38.9 Å². The van der Waals surface area contributed by atoms with Crippen molar-refractivity contribution in [3.63, 3.8) is 0 Å². The van der Waals surface area contributed by atoms with Gasteiger partial charge in [-0.05, 0) is 32.6 Å². The van der Waals surface area contributed by atoms with Crippen LogP contribution >= 0.6 is 0 Å². The predicted molar refractivity (Wildman–Crippen MR) is 79.5 cm³/mol. The van der Waals surface area contributed by atoms with Crippen molar-refractivity contribution < 1.29 is 5.11 Å². The zero-order valence-corrected chi connectivity index (χ0v) is 12.2. The highest BCUT2D eigenvalue weighted by Crippen LogP contribution is 2.15. The third kappa shape index (κ3) is 5.87. The number of anilines is 2. The second-order valence-electron chi connectivity index (χ2n) is 4.76. The SMILES string of the molecule is CCCC(CCO)CNc1cc(NCC)nc(C)n1. The van der Waals surface area contributed by atoms with Crippen LogP contribution in [0.25, 0.3) is 0 Å². The summed E-state index contributed by atoms with van der Waals surface area (Å²) in [5.74, 6) is 2.96. The molecule has 1 aromatic rings. The largest absolute Gasteiger partial charge is 0.396 e. The molecule has 0 aromatic carbocycles. The Balaban J connectivity index is 2.59. The molecule has 3 N–H and O–H groups in total. The van der Waals surface area contributed by atoms with Gasteiger partial charge in [0.1, 0.15) is 17.5 Å². The summed E-state index contributed by atoms with van der Waals surface area (Å²) in [7, 11) is 0. The van der Waals surface area contributed by atoms with Gasteiger partial charge in [-0.3, -0.25) is 0 Å². The highest BCUT2D eigenvalue weighted by atomic mass is 16.3. The normalized spacial score (nSPS) is 12.2. The molecule has 0 amide bonds. The first-order valence-electron chi connectivity index (χ1n) is 7.13. The molecule has 19 heavy (non-hydrogen) atoms. The smallest absolute Gasteiger partial charge is 0.131 e. The van der Waals surface area contributed by atoms with Crippen molar-refractivity contribution in [2.45, 2.75) is 40.0 Å². The maximum atomic E-state index is 9.06. The molecule has 0 saturated carbocycles. The van der Waals surface area contributed by atoms with Crippen molar-refractivity contribution in [3.8, 4) is 0 Å². The van der Waals surface area contributed by atoms with E-state index < -0.39 is 0 Å². The number of aryl methyl sites for hydroxylation is 1. The van der Waals surface area contributed by atoms with E-state index in [2.05, 4.69) is 27.5 Å². The van der Waals surface area contributed by atoms with Crippen LogP contribution in [-0.2, 0) is 0 Å². The number of rotatable bonds is 9. The first kappa shape index (κ1) is 15.7. The highest BCUT2D eigenvalue weighted by Gasteiger charge is 2.08. The predicted octanol–water partition coefficient (Wildman–Crippen LogP) is 2.43. The molecule has 0 saturated heterocycles. The molecule has 5 nitrogen and oxygen atoms in total. The summed E-state index contributed by atoms with van der Waals surface area (Å²) in [6, 6.07) is 1.93. The Labute approximate surface area is 115 Å². The first-order valence-corrected chi connectivity index (χ1v) is 7.13. The standard InChI is InChI=1S/C14H26N4O/c1-4-6-12(7-8-19)10-16-14-9-13(15-5-2)17-11(3)18-14/h9,12,19H,4-8,10H2,1-3H3,(H2,15,16,17,18). The van der Waals surface area contributed by atoms with Crippen LogP contribution in [0.5, 0.6) is 0 Å². The van der Waals surface area contributed by atoms with Crippen LogP contribution in [0.4, 0.5) is 11.6 Å². The summed E-state index contributed by atoms with van der Waals surface area (Å²) in [6.07, 6.45) is 3.10. The number of aliphatic hydroxyl groups is 1. The number of hydrogen-bond acceptors (Lipinski definition) is 5. The molecule has 0 aliphatic heterocycles. The van der Waals surface area contributed by atoms with Gasteiger partial charge in [0.2, 0.25) is 0 Å². The van der Waals surface area contributed by atoms with E-state index in [0.29, 0.717) is 5.92 Å². The Morgan fingerprint density at radius 3 is 2.42 bits per heavy atom. The minimum absolute atomic E-state index is 0.248. The third-order valence-corrected chi connectivity index (χ3v) is 3.00. The topological polar surface area (TPSA) is 70.1 Å². The number of hydrogen-bond donors (Lipinski definition) is 3. The molecule has 0 radical (unpaired) electrons. The van der Waals surface area contributed by atoms with Gasteiger partial charge < -0.3 is 15.7 Å². The molecule has 1 atom stereocenters. The van der Waals surface area contributed by atoms with Crippen LogP contribution in [0, 0.1) is 12.8 Å². The minimum atomic E-state index is 0.248. The molecule has 1 unspecified atom stereocenters. The Bertz CT molecular complexity index is 364. The first-order chi connectivity index (χ1) is 9.19. The molecule has 1 rings (SSSR count). The molecular weight excluding hydrogens is 240 g/mol. The lowest BCUT2D eigenvalue weighted by Gasteiger charge is -2.16. The van der Waals surface area contributed by atoms with Gasteiger partial charge in [-0.15, -0.1) is 0 Å². The summed E-state index contributed by atoms with van der Waals surface area (Å²) < 4.78 is 0. The van der Waals surface area contributed by atoms with Crippen molar-refractivity contribution in [3.05, 3.63) is 11.9 Å². The van der Waals surface area contributed by atoms with Crippen LogP contribution in [0.3, 0.4) is 0 Å². The fourth-order valence-corrected chi connectivity index (χ4v) is 2.12. The number of aliphatic hydroxyl groups excluding tert-OH is 1. The molecule has 0 spiro atoms. The van der Waals surface area contributed by atoms with E-state index in [-0.39, 0.29) is 6.61 Å². The van der Waals surface area contributed by atoms with Gasteiger partial charge in [0.15, 0.2) is 0 Å². The van der Waals surface area contributed by atoms with Crippen molar-refractivity contribution in [1.82, 2.24) is 9.97 Å². The summed E-state index contributed by atoms with van der Waals surface area (Å²) in [5.41, 5.74) is 0. The lowest BCUT2D eigenvalue weighted by atomic mass is 10.0. The maximum Gasteiger partial charge on any atom is 0.131 e. The molecule has 108 valence electrons. The number of aromatic nitrogens is 2. The lowest BCUT2D eigenvalue weighted by Crippen LogP contribution is -2.17. The van der Waals surface area contributed by atoms with E-state index in [4.69, 9.17) is 5.11 Å². The average Bonchev–Trinajstić information content (AvgIpc) is 2.36. The van der Waals surface area contributed by atoms with Crippen LogP contribution in [0.2, 0.25) is 0 Å². The van der Waals surface area contributed by atoms with E-state index >= 15 is 0 Å². The Morgan fingerprint density at radius 2 is 1.84 bits per heavy atom. The molecule has 0 fully saturated rings. The van der Waals surface area contributed by atoms with E-state index in [1.165, 1.54) is 0 Å². The monoisotopic (exact) mass is 266 g/mol. The quantitative estimate of drug-likeness (QED) is 0.640. The number of nitrogens with one attached hydrogen (secondary N) is 2. The lowest BCUT2D eigenvalue weighted by molar-refractivity contribution is 0.255. The molecule has 0 bridgehead atoms. The Kier molecular flexibility index (Phi) is 7.18. The van der Waals surface area contributed by atoms with E-state index in [9.17, 15) is 0 Å². The zero-order chi connectivity index (χ0) is 14.1. The van der Waals surface area contributed by atoms with E-state index in [1.807, 2.05) is 19.9 Å². The molecule has 5 heteroatoms. The summed E-state index contributed by atoms with van der Waals surface area (Å²) in [5, 5.41) is 15.6. The van der Waals surface area contributed by atoms with Crippen molar-refractivity contribution in [2.75, 3.05) is 30.3 Å². The summed E-state index contributed by atoms with van der Waals surface area (Å²) in [4.78, 5) is 8.70. The van der Waals surface area contributed by atoms with Crippen LogP contribution in [-0.4, -0.2) is 34.8 Å². The second-order valence-corrected chi connectivity index (χ2v) is 4.76. The third-order valence-electron chi connectivity index (χ3n) is 3.00. The second kappa shape index (κ2) is 8.69. The molecule has 0 aliphatic carbocycles. The molecule has 1 heterocycles. The summed E-state index contributed by atoms with van der Waals surface area (Å²) in [6.45, 7) is 8.04. The van der Waals surface area contributed by atoms with Gasteiger partial charge in [0, 0.05) is 25.8 Å². The van der Waals surface area contributed by atoms with Crippen LogP contribution < -0.4 is 10.6 Å². The zero-order valence-electron chi connectivity index (χ0n) is 12.2. The van der Waals surface area contributed by atoms with Gasteiger partial charge >= 0.3 is 0 Å². The van der Waals surface area contributed by atoms with Crippen molar-refractivity contribution >= 4 is 11.6 Å². The Morgan fingerprint density at radius 1 is 1.16 bits per heavy atom. The van der Waals surface area contributed by atoms with Crippen LogP contribution in [0.15, 0.2) is 6.07 Å². The fourth-order valence-electron chi connectivity index (χ4n) is 2.12. The van der Waals surface area contributed by atoms with Gasteiger partial charge in [0.25, 0.3) is 0 Å². The molecule has 0 aliphatic rings. The average molecular weight is 266 g/mol. The molecular formula is C14H26N4O. The van der Waals surface area contributed by atoms with Gasteiger partial charge in [-0.25, -0.2) is 9.97 Å². The van der Waals surface area contributed by atoms with Crippen molar-refractivity contribution in [2.24, 2.45) is 5.92 Å². The van der Waals surface area contributed by atoms with Gasteiger partial charge in [0.05, 0.1) is 0 Å². The van der Waals surface area contributed by atoms with Crippen molar-refractivity contribution in [1.29, 1.82) is 0 Å². The summed E-state index contributed by atoms with van der Waals surface area (Å²) >= 11 is 0. The molecule has 1 aromatic heterocycles. The minimum Gasteiger partial charge on any atom is -0.396 e. The fraction of sp³-hybridized carbons (Fsp3) is 0.714. The highest BCUT2D eigenvalue weighted by molar-refractivity contribution is 5.47. The van der Waals surface area contributed by atoms with Gasteiger partial charge in [-0.1, -0.05) is 13.3 Å². The van der Waals surface area contributed by atoms with E-state index in [0.717, 1.165) is 49.8 Å². The maximum absolute atomic E-state index is 9.06. The number of nitrogens with zero attached hydrogens (tertiary/aromatic N) is 2. The Hall–Kier alpha value is -1.36.